The summed E-state index contributed by atoms with van der Waals surface area (Å²) in [7, 11) is 0. The molecule has 0 amide bonds. The van der Waals surface area contributed by atoms with Crippen LogP contribution in [0, 0.1) is 0 Å². The molecular formula is C6H18N4O. The van der Waals surface area contributed by atoms with E-state index in [1.54, 1.807) is 0 Å². The standard InChI is InChI=1S/C6H18N4O/c7-1-3-9-5-6(11)10-4-2-8/h6,9-11H,1-5,7-8H2. The van der Waals surface area contributed by atoms with E-state index in [2.05, 4.69) is 10.6 Å². The van der Waals surface area contributed by atoms with Gasteiger partial charge in [0.2, 0.25) is 0 Å². The van der Waals surface area contributed by atoms with E-state index in [1.807, 2.05) is 0 Å². The van der Waals surface area contributed by atoms with Crippen molar-refractivity contribution in [3.8, 4) is 0 Å². The number of aliphatic hydroxyl groups excluding tert-OH is 1. The second-order valence-electron chi connectivity index (χ2n) is 2.25. The monoisotopic (exact) mass is 162 g/mol. The third-order valence-electron chi connectivity index (χ3n) is 1.18. The van der Waals surface area contributed by atoms with Crippen molar-refractivity contribution in [1.82, 2.24) is 10.6 Å². The van der Waals surface area contributed by atoms with E-state index >= 15 is 0 Å². The van der Waals surface area contributed by atoms with Crippen molar-refractivity contribution >= 4 is 0 Å². The summed E-state index contributed by atoms with van der Waals surface area (Å²) in [5.74, 6) is 0. The second-order valence-corrected chi connectivity index (χ2v) is 2.25. The van der Waals surface area contributed by atoms with Crippen molar-refractivity contribution in [2.45, 2.75) is 6.23 Å². The zero-order valence-corrected chi connectivity index (χ0v) is 6.71. The zero-order chi connectivity index (χ0) is 8.53. The molecule has 0 saturated carbocycles. The van der Waals surface area contributed by atoms with Crippen LogP contribution in [0.3, 0.4) is 0 Å². The Hall–Kier alpha value is -0.200. The third kappa shape index (κ3) is 7.70. The van der Waals surface area contributed by atoms with Crippen LogP contribution in [-0.4, -0.2) is 44.1 Å². The number of aliphatic hydroxyl groups is 1. The van der Waals surface area contributed by atoms with Gasteiger partial charge in [-0.15, -0.1) is 0 Å². The topological polar surface area (TPSA) is 96.3 Å². The van der Waals surface area contributed by atoms with Gasteiger partial charge in [-0.3, -0.25) is 5.32 Å². The molecule has 0 radical (unpaired) electrons. The van der Waals surface area contributed by atoms with Gasteiger partial charge in [0, 0.05) is 32.7 Å². The normalized spacial score (nSPS) is 13.4. The van der Waals surface area contributed by atoms with E-state index in [0.717, 1.165) is 6.54 Å². The van der Waals surface area contributed by atoms with E-state index in [1.165, 1.54) is 0 Å². The van der Waals surface area contributed by atoms with Gasteiger partial charge in [-0.2, -0.15) is 0 Å². The fraction of sp³-hybridized carbons (Fsp3) is 1.00. The Kier molecular flexibility index (Phi) is 7.76. The van der Waals surface area contributed by atoms with Gasteiger partial charge in [0.1, 0.15) is 6.23 Å². The molecule has 5 nitrogen and oxygen atoms in total. The average molecular weight is 162 g/mol. The van der Waals surface area contributed by atoms with Crippen molar-refractivity contribution in [2.75, 3.05) is 32.7 Å². The Labute approximate surface area is 67.1 Å². The van der Waals surface area contributed by atoms with E-state index in [4.69, 9.17) is 16.6 Å². The average Bonchev–Trinajstić information content (AvgIpc) is 2.01. The predicted octanol–water partition coefficient (Wildman–Crippen LogP) is -2.60. The lowest BCUT2D eigenvalue weighted by molar-refractivity contribution is 0.137. The van der Waals surface area contributed by atoms with Gasteiger partial charge in [-0.1, -0.05) is 0 Å². The van der Waals surface area contributed by atoms with Gasteiger partial charge in [0.15, 0.2) is 0 Å². The summed E-state index contributed by atoms with van der Waals surface area (Å²) in [4.78, 5) is 0. The summed E-state index contributed by atoms with van der Waals surface area (Å²) >= 11 is 0. The number of nitrogens with one attached hydrogen (secondary N) is 2. The van der Waals surface area contributed by atoms with E-state index in [-0.39, 0.29) is 0 Å². The maximum atomic E-state index is 9.14. The number of rotatable bonds is 7. The Balaban J connectivity index is 3.02. The molecular weight excluding hydrogens is 144 g/mol. The zero-order valence-electron chi connectivity index (χ0n) is 6.71. The molecule has 0 bridgehead atoms. The van der Waals surface area contributed by atoms with Crippen molar-refractivity contribution in [3.63, 3.8) is 0 Å². The SMILES string of the molecule is NCCNCC(O)NCCN. The van der Waals surface area contributed by atoms with Crippen molar-refractivity contribution < 1.29 is 5.11 Å². The minimum Gasteiger partial charge on any atom is -0.377 e. The lowest BCUT2D eigenvalue weighted by atomic mass is 10.5. The minimum atomic E-state index is -0.523. The van der Waals surface area contributed by atoms with Crippen LogP contribution in [0.25, 0.3) is 0 Å². The van der Waals surface area contributed by atoms with Gasteiger partial charge in [-0.25, -0.2) is 0 Å². The van der Waals surface area contributed by atoms with Crippen LogP contribution in [0.5, 0.6) is 0 Å². The first kappa shape index (κ1) is 10.8. The molecule has 0 aliphatic carbocycles. The van der Waals surface area contributed by atoms with Gasteiger partial charge in [0.05, 0.1) is 0 Å². The molecule has 11 heavy (non-hydrogen) atoms. The Bertz CT molecular complexity index is 81.0. The Morgan fingerprint density at radius 2 is 1.82 bits per heavy atom. The van der Waals surface area contributed by atoms with Crippen LogP contribution in [-0.2, 0) is 0 Å². The van der Waals surface area contributed by atoms with E-state index < -0.39 is 6.23 Å². The van der Waals surface area contributed by atoms with Crippen LogP contribution in [0.15, 0.2) is 0 Å². The van der Waals surface area contributed by atoms with Crippen LogP contribution >= 0.6 is 0 Å². The van der Waals surface area contributed by atoms with Crippen LogP contribution < -0.4 is 22.1 Å². The highest BCUT2D eigenvalue weighted by atomic mass is 16.3. The molecule has 0 spiro atoms. The molecule has 1 atom stereocenters. The molecule has 0 aromatic rings. The molecule has 0 heterocycles. The van der Waals surface area contributed by atoms with Crippen LogP contribution in [0.2, 0.25) is 0 Å². The summed E-state index contributed by atoms with van der Waals surface area (Å²) in [6.45, 7) is 2.99. The van der Waals surface area contributed by atoms with E-state index in [0.29, 0.717) is 26.2 Å². The fourth-order valence-electron chi connectivity index (χ4n) is 0.663. The largest absolute Gasteiger partial charge is 0.377 e. The summed E-state index contributed by atoms with van der Waals surface area (Å²) < 4.78 is 0. The lowest BCUT2D eigenvalue weighted by Gasteiger charge is -2.11. The molecule has 0 fully saturated rings. The number of nitrogens with two attached hydrogens (primary N) is 2. The highest BCUT2D eigenvalue weighted by molar-refractivity contribution is 4.57. The fourth-order valence-corrected chi connectivity index (χ4v) is 0.663. The smallest absolute Gasteiger partial charge is 0.117 e. The Morgan fingerprint density at radius 3 is 2.36 bits per heavy atom. The highest BCUT2D eigenvalue weighted by Gasteiger charge is 1.98. The van der Waals surface area contributed by atoms with Gasteiger partial charge < -0.3 is 21.9 Å². The molecule has 0 saturated heterocycles. The molecule has 0 aromatic heterocycles. The number of hydrogen-bond acceptors (Lipinski definition) is 5. The maximum absolute atomic E-state index is 9.14. The first-order valence-corrected chi connectivity index (χ1v) is 3.83. The first-order valence-electron chi connectivity index (χ1n) is 3.83. The lowest BCUT2D eigenvalue weighted by Crippen LogP contribution is -2.41. The Morgan fingerprint density at radius 1 is 1.18 bits per heavy atom. The summed E-state index contributed by atoms with van der Waals surface area (Å²) in [5.41, 5.74) is 10.4. The van der Waals surface area contributed by atoms with Crippen LogP contribution in [0.4, 0.5) is 0 Å². The molecule has 5 heteroatoms. The van der Waals surface area contributed by atoms with Gasteiger partial charge >= 0.3 is 0 Å². The summed E-state index contributed by atoms with van der Waals surface area (Å²) in [6.07, 6.45) is -0.523. The maximum Gasteiger partial charge on any atom is 0.117 e. The van der Waals surface area contributed by atoms with Crippen molar-refractivity contribution in [1.29, 1.82) is 0 Å². The molecule has 68 valence electrons. The first-order chi connectivity index (χ1) is 5.31. The van der Waals surface area contributed by atoms with Crippen molar-refractivity contribution in [3.05, 3.63) is 0 Å². The third-order valence-corrected chi connectivity index (χ3v) is 1.18. The minimum absolute atomic E-state index is 0.511. The number of hydrogen-bond donors (Lipinski definition) is 5. The summed E-state index contributed by atoms with van der Waals surface area (Å²) in [6, 6.07) is 0. The summed E-state index contributed by atoms with van der Waals surface area (Å²) in [5, 5.41) is 14.9. The molecule has 0 rings (SSSR count). The second kappa shape index (κ2) is 7.90. The van der Waals surface area contributed by atoms with Gasteiger partial charge in [0.25, 0.3) is 0 Å². The predicted molar refractivity (Wildman–Crippen MR) is 45.0 cm³/mol. The molecule has 0 aromatic carbocycles. The van der Waals surface area contributed by atoms with Crippen molar-refractivity contribution in [2.24, 2.45) is 11.5 Å². The van der Waals surface area contributed by atoms with E-state index in [9.17, 15) is 0 Å². The molecule has 7 N–H and O–H groups in total. The molecule has 0 aliphatic heterocycles. The van der Waals surface area contributed by atoms with Gasteiger partial charge in [-0.05, 0) is 0 Å². The quantitative estimate of drug-likeness (QED) is 0.209. The highest BCUT2D eigenvalue weighted by Crippen LogP contribution is 1.70. The molecule has 1 unspecified atom stereocenters. The van der Waals surface area contributed by atoms with Crippen LogP contribution in [0.1, 0.15) is 0 Å². The molecule has 0 aliphatic rings.